The SMILES string of the molecule is C=Cc1ccc(-c2ccc(COC3CCC(c4ccc(C5CO5)c(F)c4F)CC3)c(F)c2F)cc1. The van der Waals surface area contributed by atoms with Crippen molar-refractivity contribution in [2.45, 2.75) is 50.4 Å². The van der Waals surface area contributed by atoms with E-state index in [0.29, 0.717) is 43.4 Å². The molecule has 0 amide bonds. The van der Waals surface area contributed by atoms with Gasteiger partial charge in [-0.25, -0.2) is 17.6 Å². The molecule has 3 aromatic rings. The van der Waals surface area contributed by atoms with E-state index in [1.807, 2.05) is 0 Å². The van der Waals surface area contributed by atoms with Crippen molar-refractivity contribution in [2.75, 3.05) is 6.61 Å². The minimum atomic E-state index is -0.915. The molecule has 2 aliphatic rings. The molecule has 0 N–H and O–H groups in total. The molecule has 1 aliphatic carbocycles. The molecule has 3 aromatic carbocycles. The van der Waals surface area contributed by atoms with Crippen LogP contribution in [-0.2, 0) is 16.1 Å². The highest BCUT2D eigenvalue weighted by Crippen LogP contribution is 2.39. The number of rotatable bonds is 7. The van der Waals surface area contributed by atoms with E-state index in [9.17, 15) is 17.6 Å². The van der Waals surface area contributed by atoms with Crippen LogP contribution >= 0.6 is 0 Å². The van der Waals surface area contributed by atoms with E-state index in [-0.39, 0.29) is 41.4 Å². The Hall–Kier alpha value is -2.96. The lowest BCUT2D eigenvalue weighted by molar-refractivity contribution is 0.0116. The van der Waals surface area contributed by atoms with E-state index in [0.717, 1.165) is 5.56 Å². The number of hydrogen-bond acceptors (Lipinski definition) is 2. The molecule has 182 valence electrons. The van der Waals surface area contributed by atoms with Gasteiger partial charge in [-0.05, 0) is 48.3 Å². The summed E-state index contributed by atoms with van der Waals surface area (Å²) >= 11 is 0. The highest BCUT2D eigenvalue weighted by atomic mass is 19.2. The Morgan fingerprint density at radius 3 is 2.11 bits per heavy atom. The molecular weight excluding hydrogens is 456 g/mol. The molecule has 1 saturated carbocycles. The van der Waals surface area contributed by atoms with E-state index in [2.05, 4.69) is 6.58 Å². The highest BCUT2D eigenvalue weighted by molar-refractivity contribution is 5.66. The molecule has 0 bridgehead atoms. The lowest BCUT2D eigenvalue weighted by Gasteiger charge is -2.29. The Labute approximate surface area is 202 Å². The average molecular weight is 483 g/mol. The Morgan fingerprint density at radius 2 is 1.46 bits per heavy atom. The first kappa shape index (κ1) is 23.8. The molecule has 2 fully saturated rings. The van der Waals surface area contributed by atoms with E-state index < -0.39 is 23.3 Å². The topological polar surface area (TPSA) is 21.8 Å². The molecule has 35 heavy (non-hydrogen) atoms. The summed E-state index contributed by atoms with van der Waals surface area (Å²) in [7, 11) is 0. The van der Waals surface area contributed by atoms with Crippen LogP contribution in [0.1, 0.15) is 60.0 Å². The second-order valence-electron chi connectivity index (χ2n) is 9.20. The van der Waals surface area contributed by atoms with Crippen LogP contribution in [-0.4, -0.2) is 12.7 Å². The number of epoxide rings is 1. The first-order valence-electron chi connectivity index (χ1n) is 11.9. The van der Waals surface area contributed by atoms with Crippen LogP contribution in [0.25, 0.3) is 17.2 Å². The van der Waals surface area contributed by atoms with Gasteiger partial charge in [-0.2, -0.15) is 0 Å². The maximum absolute atomic E-state index is 14.8. The van der Waals surface area contributed by atoms with Gasteiger partial charge in [0.2, 0.25) is 0 Å². The molecule has 6 heteroatoms. The molecule has 1 unspecified atom stereocenters. The van der Waals surface area contributed by atoms with Crippen LogP contribution in [0.15, 0.2) is 55.1 Å². The number of ether oxygens (including phenoxy) is 2. The Kier molecular flexibility index (Phi) is 6.76. The van der Waals surface area contributed by atoms with Crippen LogP contribution in [0.2, 0.25) is 0 Å². The Bertz CT molecular complexity index is 1230. The van der Waals surface area contributed by atoms with E-state index in [1.54, 1.807) is 54.6 Å². The third kappa shape index (κ3) is 4.91. The first-order chi connectivity index (χ1) is 17.0. The number of hydrogen-bond donors (Lipinski definition) is 0. The molecule has 1 saturated heterocycles. The van der Waals surface area contributed by atoms with Crippen molar-refractivity contribution in [1.29, 1.82) is 0 Å². The number of halogens is 4. The van der Waals surface area contributed by atoms with Crippen LogP contribution in [0.5, 0.6) is 0 Å². The zero-order valence-electron chi connectivity index (χ0n) is 19.2. The summed E-state index contributed by atoms with van der Waals surface area (Å²) in [6, 6.07) is 13.4. The zero-order valence-corrected chi connectivity index (χ0v) is 19.2. The highest BCUT2D eigenvalue weighted by Gasteiger charge is 2.32. The quantitative estimate of drug-likeness (QED) is 0.253. The molecule has 1 aliphatic heterocycles. The third-order valence-corrected chi connectivity index (χ3v) is 7.03. The first-order valence-corrected chi connectivity index (χ1v) is 11.9. The summed E-state index contributed by atoms with van der Waals surface area (Å²) in [5, 5.41) is 0. The van der Waals surface area contributed by atoms with E-state index >= 15 is 0 Å². The van der Waals surface area contributed by atoms with Crippen LogP contribution in [0.4, 0.5) is 17.6 Å². The molecule has 5 rings (SSSR count). The predicted molar refractivity (Wildman–Crippen MR) is 127 cm³/mol. The summed E-state index contributed by atoms with van der Waals surface area (Å²) in [6.45, 7) is 4.07. The summed E-state index contributed by atoms with van der Waals surface area (Å²) in [6.07, 6.45) is 3.75. The molecular formula is C29H26F4O2. The van der Waals surface area contributed by atoms with Gasteiger partial charge < -0.3 is 9.47 Å². The van der Waals surface area contributed by atoms with Crippen molar-refractivity contribution in [1.82, 2.24) is 0 Å². The normalized spacial score (nSPS) is 21.7. The standard InChI is InChI=1S/C29H26F4O2/c1-2-17-3-5-18(6-4-17)22-12-9-20(26(30)27(22)31)15-34-21-10-7-19(8-11-21)23-13-14-24(25-16-35-25)29(33)28(23)32/h2-6,9,12-14,19,21,25H,1,7-8,10-11,15-16H2. The Balaban J connectivity index is 1.19. The Morgan fingerprint density at radius 1 is 0.800 bits per heavy atom. The van der Waals surface area contributed by atoms with Gasteiger partial charge in [-0.1, -0.05) is 61.2 Å². The van der Waals surface area contributed by atoms with Gasteiger partial charge in [0.05, 0.1) is 19.3 Å². The van der Waals surface area contributed by atoms with E-state index in [1.165, 1.54) is 0 Å². The molecule has 0 spiro atoms. The summed E-state index contributed by atoms with van der Waals surface area (Å²) in [4.78, 5) is 0. The van der Waals surface area contributed by atoms with Crippen molar-refractivity contribution < 1.29 is 27.0 Å². The molecule has 1 atom stereocenters. The largest absolute Gasteiger partial charge is 0.373 e. The summed E-state index contributed by atoms with van der Waals surface area (Å²) in [5.41, 5.74) is 2.48. The molecule has 1 heterocycles. The fourth-order valence-corrected chi connectivity index (χ4v) is 4.84. The van der Waals surface area contributed by atoms with Gasteiger partial charge in [0.1, 0.15) is 6.10 Å². The van der Waals surface area contributed by atoms with Crippen molar-refractivity contribution in [3.8, 4) is 11.1 Å². The van der Waals surface area contributed by atoms with Crippen molar-refractivity contribution in [2.24, 2.45) is 0 Å². The van der Waals surface area contributed by atoms with Gasteiger partial charge in [0.15, 0.2) is 23.3 Å². The fraction of sp³-hybridized carbons (Fsp3) is 0.310. The van der Waals surface area contributed by atoms with Crippen molar-refractivity contribution >= 4 is 6.08 Å². The molecule has 2 nitrogen and oxygen atoms in total. The minimum absolute atomic E-state index is 0.0488. The third-order valence-electron chi connectivity index (χ3n) is 7.03. The predicted octanol–water partition coefficient (Wildman–Crippen LogP) is 7.87. The van der Waals surface area contributed by atoms with Gasteiger partial charge >= 0.3 is 0 Å². The molecule has 0 radical (unpaired) electrons. The smallest absolute Gasteiger partial charge is 0.167 e. The van der Waals surface area contributed by atoms with Gasteiger partial charge in [0.25, 0.3) is 0 Å². The summed E-state index contributed by atoms with van der Waals surface area (Å²) < 4.78 is 69.5. The summed E-state index contributed by atoms with van der Waals surface area (Å²) in [5.74, 6) is -3.53. The average Bonchev–Trinajstić information content (AvgIpc) is 3.72. The second-order valence-corrected chi connectivity index (χ2v) is 9.20. The lowest BCUT2D eigenvalue weighted by Crippen LogP contribution is -2.22. The van der Waals surface area contributed by atoms with E-state index in [4.69, 9.17) is 9.47 Å². The molecule has 0 aromatic heterocycles. The van der Waals surface area contributed by atoms with Gasteiger partial charge in [0, 0.05) is 16.7 Å². The van der Waals surface area contributed by atoms with Crippen molar-refractivity contribution in [3.05, 3.63) is 101 Å². The van der Waals surface area contributed by atoms with Crippen LogP contribution in [0.3, 0.4) is 0 Å². The zero-order chi connectivity index (χ0) is 24.5. The maximum atomic E-state index is 14.8. The minimum Gasteiger partial charge on any atom is -0.373 e. The van der Waals surface area contributed by atoms with Crippen LogP contribution < -0.4 is 0 Å². The van der Waals surface area contributed by atoms with Gasteiger partial charge in [-0.15, -0.1) is 0 Å². The fourth-order valence-electron chi connectivity index (χ4n) is 4.84. The lowest BCUT2D eigenvalue weighted by atomic mass is 9.82. The number of benzene rings is 3. The van der Waals surface area contributed by atoms with Gasteiger partial charge in [-0.3, -0.25) is 0 Å². The van der Waals surface area contributed by atoms with Crippen LogP contribution in [0, 0.1) is 23.3 Å². The second kappa shape index (κ2) is 9.96. The maximum Gasteiger partial charge on any atom is 0.167 e. The van der Waals surface area contributed by atoms with Crippen molar-refractivity contribution in [3.63, 3.8) is 0 Å². The monoisotopic (exact) mass is 482 g/mol.